The number of hydrogen-bond acceptors (Lipinski definition) is 6. The van der Waals surface area contributed by atoms with Gasteiger partial charge in [-0.05, 0) is 51.3 Å². The van der Waals surface area contributed by atoms with E-state index in [9.17, 15) is 9.59 Å². The van der Waals surface area contributed by atoms with Crippen LogP contribution >= 0.6 is 0 Å². The summed E-state index contributed by atoms with van der Waals surface area (Å²) in [5, 5.41) is 6.73. The average molecular weight is 457 g/mol. The Balaban J connectivity index is 1.76. The lowest BCUT2D eigenvalue weighted by Gasteiger charge is -2.33. The van der Waals surface area contributed by atoms with Crippen molar-refractivity contribution >= 4 is 23.3 Å². The van der Waals surface area contributed by atoms with Crippen LogP contribution in [0.5, 0.6) is 0 Å². The van der Waals surface area contributed by atoms with Crippen LogP contribution in [0.1, 0.15) is 55.3 Å². The van der Waals surface area contributed by atoms with Crippen LogP contribution in [-0.4, -0.2) is 22.1 Å². The molecule has 3 aromatic rings. The van der Waals surface area contributed by atoms with Gasteiger partial charge in [0.25, 0.3) is 0 Å². The zero-order valence-corrected chi connectivity index (χ0v) is 19.6. The number of carbonyl (C=O) groups is 1. The molecule has 2 aromatic carbocycles. The standard InChI is InChI=1S/C27H28N4O3/c1-4-34-26(32)21-17(3)28-25-23(22(21)18-8-6-5-7-9-18)24(29-19-12-10-16(2)11-13-19)30-27(33)31(25)20-14-15-20/h5-13,20,22,28H,4,14-15H2,1-3H3,(H,29,30,33)/t22-/m1/s1. The first-order valence-corrected chi connectivity index (χ1v) is 11.7. The van der Waals surface area contributed by atoms with Crippen LogP contribution in [0, 0.1) is 6.92 Å². The van der Waals surface area contributed by atoms with E-state index < -0.39 is 5.92 Å². The summed E-state index contributed by atoms with van der Waals surface area (Å²) in [6, 6.07) is 17.9. The summed E-state index contributed by atoms with van der Waals surface area (Å²) in [7, 11) is 0. The van der Waals surface area contributed by atoms with E-state index in [2.05, 4.69) is 15.6 Å². The lowest BCUT2D eigenvalue weighted by molar-refractivity contribution is -0.138. The number of ether oxygens (including phenoxy) is 1. The molecular formula is C27H28N4O3. The number of fused-ring (bicyclic) bond motifs is 1. The number of benzene rings is 2. The fraction of sp³-hybridized carbons (Fsp3) is 0.296. The second kappa shape index (κ2) is 8.82. The Kier molecular flexibility index (Phi) is 5.69. The number of hydrogen-bond donors (Lipinski definition) is 2. The third kappa shape index (κ3) is 3.98. The van der Waals surface area contributed by atoms with Crippen molar-refractivity contribution in [2.75, 3.05) is 17.2 Å². The summed E-state index contributed by atoms with van der Waals surface area (Å²) in [6.07, 6.45) is 1.87. The van der Waals surface area contributed by atoms with Crippen LogP contribution in [0.2, 0.25) is 0 Å². The molecule has 1 fully saturated rings. The molecule has 0 bridgehead atoms. The summed E-state index contributed by atoms with van der Waals surface area (Å²) in [4.78, 5) is 30.8. The Bertz CT molecular complexity index is 1320. The zero-order chi connectivity index (χ0) is 23.8. The first-order valence-electron chi connectivity index (χ1n) is 11.7. The van der Waals surface area contributed by atoms with Gasteiger partial charge >= 0.3 is 11.7 Å². The molecule has 0 saturated heterocycles. The molecule has 174 valence electrons. The Morgan fingerprint density at radius 3 is 2.47 bits per heavy atom. The molecule has 0 amide bonds. The molecule has 1 atom stereocenters. The predicted molar refractivity (Wildman–Crippen MR) is 132 cm³/mol. The predicted octanol–water partition coefficient (Wildman–Crippen LogP) is 5.02. The van der Waals surface area contributed by atoms with Crippen LogP contribution < -0.4 is 16.3 Å². The third-order valence-corrected chi connectivity index (χ3v) is 6.31. The SMILES string of the molecule is CCOC(=O)C1=C(C)Nc2c(c(Nc3ccc(C)cc3)nc(=O)n2C2CC2)[C@@H]1c1ccccc1. The minimum atomic E-state index is -0.442. The van der Waals surface area contributed by atoms with Crippen molar-refractivity contribution in [3.05, 3.63) is 93.0 Å². The molecule has 2 N–H and O–H groups in total. The molecule has 2 heterocycles. The van der Waals surface area contributed by atoms with Crippen molar-refractivity contribution < 1.29 is 9.53 Å². The molecule has 7 heteroatoms. The van der Waals surface area contributed by atoms with E-state index >= 15 is 0 Å². The molecule has 5 rings (SSSR count). The van der Waals surface area contributed by atoms with Crippen molar-refractivity contribution in [3.8, 4) is 0 Å². The summed E-state index contributed by atoms with van der Waals surface area (Å²) in [5.41, 5.74) is 4.56. The van der Waals surface area contributed by atoms with Gasteiger partial charge in [0, 0.05) is 23.0 Å². The number of nitrogens with zero attached hydrogens (tertiary/aromatic N) is 2. The van der Waals surface area contributed by atoms with Crippen LogP contribution in [-0.2, 0) is 9.53 Å². The van der Waals surface area contributed by atoms with E-state index in [-0.39, 0.29) is 24.3 Å². The van der Waals surface area contributed by atoms with Crippen molar-refractivity contribution in [2.24, 2.45) is 0 Å². The zero-order valence-electron chi connectivity index (χ0n) is 19.6. The highest BCUT2D eigenvalue weighted by molar-refractivity contribution is 5.95. The van der Waals surface area contributed by atoms with Crippen LogP contribution in [0.4, 0.5) is 17.3 Å². The van der Waals surface area contributed by atoms with Gasteiger partial charge in [-0.1, -0.05) is 48.0 Å². The van der Waals surface area contributed by atoms with Gasteiger partial charge in [0.05, 0.1) is 18.1 Å². The lowest BCUT2D eigenvalue weighted by atomic mass is 9.81. The maximum Gasteiger partial charge on any atom is 0.351 e. The number of aromatic nitrogens is 2. The highest BCUT2D eigenvalue weighted by Crippen LogP contribution is 2.47. The van der Waals surface area contributed by atoms with Gasteiger partial charge in [0.2, 0.25) is 0 Å². The van der Waals surface area contributed by atoms with Gasteiger partial charge in [-0.25, -0.2) is 9.59 Å². The minimum Gasteiger partial charge on any atom is -0.463 e. The number of allylic oxidation sites excluding steroid dienone is 1. The summed E-state index contributed by atoms with van der Waals surface area (Å²) in [5.74, 6) is 0.313. The Morgan fingerprint density at radius 1 is 1.12 bits per heavy atom. The van der Waals surface area contributed by atoms with Crippen LogP contribution in [0.25, 0.3) is 0 Å². The molecule has 1 aliphatic carbocycles. The number of rotatable bonds is 6. The molecule has 1 aliphatic heterocycles. The Hall–Kier alpha value is -3.87. The van der Waals surface area contributed by atoms with Crippen molar-refractivity contribution in [1.29, 1.82) is 0 Å². The minimum absolute atomic E-state index is 0.114. The molecule has 34 heavy (non-hydrogen) atoms. The second-order valence-corrected chi connectivity index (χ2v) is 8.83. The van der Waals surface area contributed by atoms with Crippen LogP contribution in [0.15, 0.2) is 70.7 Å². The van der Waals surface area contributed by atoms with Gasteiger partial charge in [-0.2, -0.15) is 4.98 Å². The summed E-state index contributed by atoms with van der Waals surface area (Å²) >= 11 is 0. The molecule has 0 unspecified atom stereocenters. The number of nitrogens with one attached hydrogen (secondary N) is 2. The number of aryl methyl sites for hydroxylation is 1. The van der Waals surface area contributed by atoms with E-state index in [0.29, 0.717) is 22.9 Å². The van der Waals surface area contributed by atoms with E-state index in [0.717, 1.165) is 35.2 Å². The summed E-state index contributed by atoms with van der Waals surface area (Å²) < 4.78 is 7.20. The Morgan fingerprint density at radius 2 is 1.82 bits per heavy atom. The van der Waals surface area contributed by atoms with Crippen molar-refractivity contribution in [2.45, 2.75) is 45.6 Å². The highest BCUT2D eigenvalue weighted by atomic mass is 16.5. The fourth-order valence-electron chi connectivity index (χ4n) is 4.55. The molecular weight excluding hydrogens is 428 g/mol. The molecule has 0 spiro atoms. The normalized spacial score (nSPS) is 17.1. The maximum atomic E-state index is 13.2. The first kappa shape index (κ1) is 21.9. The smallest absolute Gasteiger partial charge is 0.351 e. The maximum absolute atomic E-state index is 13.2. The summed E-state index contributed by atoms with van der Waals surface area (Å²) in [6.45, 7) is 5.96. The second-order valence-electron chi connectivity index (χ2n) is 8.83. The number of esters is 1. The van der Waals surface area contributed by atoms with Gasteiger partial charge in [-0.15, -0.1) is 0 Å². The lowest BCUT2D eigenvalue weighted by Crippen LogP contribution is -2.33. The topological polar surface area (TPSA) is 85.2 Å². The van der Waals surface area contributed by atoms with E-state index in [1.165, 1.54) is 0 Å². The molecule has 1 saturated carbocycles. The monoisotopic (exact) mass is 456 g/mol. The molecule has 1 aromatic heterocycles. The van der Waals surface area contributed by atoms with Gasteiger partial charge in [0.1, 0.15) is 11.6 Å². The van der Waals surface area contributed by atoms with E-state index in [1.54, 1.807) is 11.5 Å². The van der Waals surface area contributed by atoms with Gasteiger partial charge < -0.3 is 15.4 Å². The van der Waals surface area contributed by atoms with Crippen molar-refractivity contribution in [1.82, 2.24) is 9.55 Å². The van der Waals surface area contributed by atoms with E-state index in [4.69, 9.17) is 4.74 Å². The molecule has 2 aliphatic rings. The van der Waals surface area contributed by atoms with Crippen molar-refractivity contribution in [3.63, 3.8) is 0 Å². The van der Waals surface area contributed by atoms with E-state index in [1.807, 2.05) is 68.4 Å². The largest absolute Gasteiger partial charge is 0.463 e. The number of anilines is 3. The van der Waals surface area contributed by atoms with Gasteiger partial charge in [0.15, 0.2) is 0 Å². The van der Waals surface area contributed by atoms with Gasteiger partial charge in [-0.3, -0.25) is 4.57 Å². The fourth-order valence-corrected chi connectivity index (χ4v) is 4.55. The highest BCUT2D eigenvalue weighted by Gasteiger charge is 2.40. The number of carbonyl (C=O) groups excluding carboxylic acids is 1. The first-order chi connectivity index (χ1) is 16.5. The van der Waals surface area contributed by atoms with Crippen LogP contribution in [0.3, 0.4) is 0 Å². The molecule has 7 nitrogen and oxygen atoms in total. The molecule has 0 radical (unpaired) electrons. The quantitative estimate of drug-likeness (QED) is 0.507. The Labute approximate surface area is 198 Å². The third-order valence-electron chi connectivity index (χ3n) is 6.31. The average Bonchev–Trinajstić information content (AvgIpc) is 3.65.